The van der Waals surface area contributed by atoms with Crippen LogP contribution in [-0.4, -0.2) is 23.4 Å². The second-order valence-electron chi connectivity index (χ2n) is 8.26. The molecule has 0 aliphatic carbocycles. The smallest absolute Gasteiger partial charge is 0.323 e. The van der Waals surface area contributed by atoms with Gasteiger partial charge in [0, 0.05) is 33.7 Å². The molecule has 4 N–H and O–H groups in total. The average molecular weight is 431 g/mol. The molecule has 7 nitrogen and oxygen atoms in total. The van der Waals surface area contributed by atoms with Crippen molar-refractivity contribution in [3.8, 4) is 0 Å². The number of hydrogen-bond donors (Lipinski definition) is 4. The van der Waals surface area contributed by atoms with Crippen LogP contribution in [0, 0.1) is 0 Å². The highest BCUT2D eigenvalue weighted by Gasteiger charge is 2.16. The van der Waals surface area contributed by atoms with E-state index in [1.807, 2.05) is 39.0 Å². The van der Waals surface area contributed by atoms with Crippen molar-refractivity contribution >= 4 is 34.9 Å². The maximum Gasteiger partial charge on any atom is 0.323 e. The lowest BCUT2D eigenvalue weighted by Crippen LogP contribution is -2.40. The van der Waals surface area contributed by atoms with Crippen LogP contribution in [0.15, 0.2) is 78.9 Å². The second kappa shape index (κ2) is 9.78. The number of hydrogen-bond acceptors (Lipinski definition) is 3. The van der Waals surface area contributed by atoms with Crippen molar-refractivity contribution in [1.29, 1.82) is 0 Å². The van der Waals surface area contributed by atoms with Crippen molar-refractivity contribution < 1.29 is 14.4 Å². The summed E-state index contributed by atoms with van der Waals surface area (Å²) in [5.41, 5.74) is 2.29. The molecule has 0 unspecified atom stereocenters. The Bertz CT molecular complexity index is 1100. The molecule has 0 radical (unpaired) electrons. The van der Waals surface area contributed by atoms with Gasteiger partial charge in [-0.15, -0.1) is 0 Å². The van der Waals surface area contributed by atoms with E-state index in [1.165, 1.54) is 0 Å². The van der Waals surface area contributed by atoms with E-state index < -0.39 is 0 Å². The lowest BCUT2D eigenvalue weighted by atomic mass is 10.1. The predicted octanol–water partition coefficient (Wildman–Crippen LogP) is 5.11. The van der Waals surface area contributed by atoms with E-state index >= 15 is 0 Å². The number of amides is 4. The summed E-state index contributed by atoms with van der Waals surface area (Å²) in [5, 5.41) is 11.2. The Kier molecular flexibility index (Phi) is 6.90. The first-order valence-electron chi connectivity index (χ1n) is 10.2. The summed E-state index contributed by atoms with van der Waals surface area (Å²) in [4.78, 5) is 37.0. The third kappa shape index (κ3) is 6.70. The van der Waals surface area contributed by atoms with Gasteiger partial charge in [0.1, 0.15) is 0 Å². The molecule has 0 aliphatic heterocycles. The molecule has 0 aliphatic rings. The highest BCUT2D eigenvalue weighted by atomic mass is 16.2. The van der Waals surface area contributed by atoms with Crippen molar-refractivity contribution in [2.45, 2.75) is 26.3 Å². The maximum absolute atomic E-state index is 12.6. The van der Waals surface area contributed by atoms with Crippen LogP contribution in [0.4, 0.5) is 21.9 Å². The van der Waals surface area contributed by atoms with Gasteiger partial charge in [0.15, 0.2) is 0 Å². The second-order valence-corrected chi connectivity index (χ2v) is 8.26. The zero-order valence-corrected chi connectivity index (χ0v) is 18.2. The predicted molar refractivity (Wildman–Crippen MR) is 127 cm³/mol. The molecule has 4 amide bonds. The molecule has 3 aromatic carbocycles. The van der Waals surface area contributed by atoms with Crippen LogP contribution in [0.3, 0.4) is 0 Å². The Morgan fingerprint density at radius 2 is 1.09 bits per heavy atom. The lowest BCUT2D eigenvalue weighted by Gasteiger charge is -2.20. The van der Waals surface area contributed by atoms with Crippen molar-refractivity contribution in [3.05, 3.63) is 90.0 Å². The molecule has 0 fully saturated rings. The number of carbonyl (C=O) groups excluding carboxylic acids is 3. The summed E-state index contributed by atoms with van der Waals surface area (Å²) in [6.07, 6.45) is 0. The number of benzene rings is 3. The summed E-state index contributed by atoms with van der Waals surface area (Å²) >= 11 is 0. The molecular weight excluding hydrogens is 404 g/mol. The molecule has 0 atom stereocenters. The summed E-state index contributed by atoms with van der Waals surface area (Å²) in [5.74, 6) is -0.518. The largest absolute Gasteiger partial charge is 0.347 e. The molecule has 0 heterocycles. The van der Waals surface area contributed by atoms with Gasteiger partial charge in [0.25, 0.3) is 11.8 Å². The third-order valence-electron chi connectivity index (χ3n) is 4.31. The Balaban J connectivity index is 1.60. The van der Waals surface area contributed by atoms with Gasteiger partial charge in [-0.3, -0.25) is 9.59 Å². The molecule has 32 heavy (non-hydrogen) atoms. The van der Waals surface area contributed by atoms with E-state index in [9.17, 15) is 14.4 Å². The van der Waals surface area contributed by atoms with E-state index in [1.54, 1.807) is 60.7 Å². The Hall–Kier alpha value is -4.13. The highest BCUT2D eigenvalue weighted by molar-refractivity contribution is 6.06. The van der Waals surface area contributed by atoms with Crippen molar-refractivity contribution in [1.82, 2.24) is 5.32 Å². The number of para-hydroxylation sites is 1. The summed E-state index contributed by atoms with van der Waals surface area (Å²) in [6.45, 7) is 5.71. The fourth-order valence-corrected chi connectivity index (χ4v) is 2.88. The molecule has 0 saturated carbocycles. The van der Waals surface area contributed by atoms with Gasteiger partial charge < -0.3 is 21.3 Å². The van der Waals surface area contributed by atoms with E-state index in [-0.39, 0.29) is 23.4 Å². The quantitative estimate of drug-likeness (QED) is 0.452. The van der Waals surface area contributed by atoms with Crippen molar-refractivity contribution in [2.75, 3.05) is 16.0 Å². The van der Waals surface area contributed by atoms with Crippen LogP contribution in [-0.2, 0) is 0 Å². The first kappa shape index (κ1) is 22.6. The molecule has 0 aromatic heterocycles. The number of carbonyl (C=O) groups is 3. The minimum atomic E-state index is -0.385. The SMILES string of the molecule is CC(C)(C)NC(=O)c1ccc(C(=O)Nc2cccc(NC(=O)Nc3ccccc3)c2)cc1. The van der Waals surface area contributed by atoms with Crippen LogP contribution >= 0.6 is 0 Å². The van der Waals surface area contributed by atoms with Crippen molar-refractivity contribution in [3.63, 3.8) is 0 Å². The molecule has 0 bridgehead atoms. The zero-order valence-electron chi connectivity index (χ0n) is 18.2. The van der Waals surface area contributed by atoms with Gasteiger partial charge in [0.05, 0.1) is 0 Å². The first-order chi connectivity index (χ1) is 15.2. The molecule has 7 heteroatoms. The molecule has 164 valence electrons. The van der Waals surface area contributed by atoms with Gasteiger partial charge in [-0.1, -0.05) is 24.3 Å². The van der Waals surface area contributed by atoms with E-state index in [0.29, 0.717) is 28.2 Å². The Morgan fingerprint density at radius 3 is 1.69 bits per heavy atom. The van der Waals surface area contributed by atoms with Crippen LogP contribution in [0.2, 0.25) is 0 Å². The number of nitrogens with one attached hydrogen (secondary N) is 4. The molecule has 0 saturated heterocycles. The normalized spacial score (nSPS) is 10.7. The fourth-order valence-electron chi connectivity index (χ4n) is 2.88. The maximum atomic E-state index is 12.6. The monoisotopic (exact) mass is 430 g/mol. The Labute approximate surface area is 187 Å². The van der Waals surface area contributed by atoms with E-state index in [4.69, 9.17) is 0 Å². The Morgan fingerprint density at radius 1 is 0.594 bits per heavy atom. The first-order valence-corrected chi connectivity index (χ1v) is 10.2. The fraction of sp³-hybridized carbons (Fsp3) is 0.160. The minimum Gasteiger partial charge on any atom is -0.347 e. The van der Waals surface area contributed by atoms with Gasteiger partial charge >= 0.3 is 6.03 Å². The van der Waals surface area contributed by atoms with E-state index in [2.05, 4.69) is 21.3 Å². The molecule has 3 aromatic rings. The van der Waals surface area contributed by atoms with Crippen LogP contribution < -0.4 is 21.3 Å². The van der Waals surface area contributed by atoms with Gasteiger partial charge in [-0.25, -0.2) is 4.79 Å². The number of urea groups is 1. The highest BCUT2D eigenvalue weighted by Crippen LogP contribution is 2.17. The topological polar surface area (TPSA) is 99.3 Å². The number of rotatable bonds is 5. The summed E-state index contributed by atoms with van der Waals surface area (Å²) in [7, 11) is 0. The van der Waals surface area contributed by atoms with Crippen molar-refractivity contribution in [2.24, 2.45) is 0 Å². The van der Waals surface area contributed by atoms with Gasteiger partial charge in [-0.05, 0) is 75.4 Å². The molecule has 3 rings (SSSR count). The summed E-state index contributed by atoms with van der Waals surface area (Å²) < 4.78 is 0. The third-order valence-corrected chi connectivity index (χ3v) is 4.31. The lowest BCUT2D eigenvalue weighted by molar-refractivity contribution is 0.0918. The van der Waals surface area contributed by atoms with Gasteiger partial charge in [-0.2, -0.15) is 0 Å². The summed E-state index contributed by atoms with van der Waals surface area (Å²) in [6, 6.07) is 22.0. The zero-order chi connectivity index (χ0) is 23.1. The number of anilines is 3. The molecular formula is C25H26N4O3. The van der Waals surface area contributed by atoms with Crippen LogP contribution in [0.25, 0.3) is 0 Å². The van der Waals surface area contributed by atoms with Crippen LogP contribution in [0.5, 0.6) is 0 Å². The van der Waals surface area contributed by atoms with Crippen LogP contribution in [0.1, 0.15) is 41.5 Å². The van der Waals surface area contributed by atoms with Gasteiger partial charge in [0.2, 0.25) is 0 Å². The molecule has 0 spiro atoms. The van der Waals surface area contributed by atoms with E-state index in [0.717, 1.165) is 0 Å². The average Bonchev–Trinajstić information content (AvgIpc) is 2.73. The standard InChI is InChI=1S/C25H26N4O3/c1-25(2,3)29-23(31)18-14-12-17(13-15-18)22(30)26-20-10-7-11-21(16-20)28-24(32)27-19-8-5-4-6-9-19/h4-16H,1-3H3,(H,26,30)(H,29,31)(H2,27,28,32). The minimum absolute atomic E-state index is 0.197.